The fraction of sp³-hybridized carbons (Fsp3) is 0.923. The third-order valence-corrected chi connectivity index (χ3v) is 3.65. The van der Waals surface area contributed by atoms with Crippen molar-refractivity contribution in [1.82, 2.24) is 10.6 Å². The summed E-state index contributed by atoms with van der Waals surface area (Å²) in [5.41, 5.74) is -0.0371. The topological polar surface area (TPSA) is 59.6 Å². The molecule has 106 valence electrons. The minimum absolute atomic E-state index is 0.0371. The predicted octanol–water partition coefficient (Wildman–Crippen LogP) is 0.686. The second-order valence-electron chi connectivity index (χ2n) is 4.98. The number of amides is 1. The van der Waals surface area contributed by atoms with Gasteiger partial charge in [-0.05, 0) is 32.6 Å². The van der Waals surface area contributed by atoms with E-state index in [0.29, 0.717) is 13.2 Å². The van der Waals surface area contributed by atoms with Gasteiger partial charge in [0.1, 0.15) is 0 Å². The van der Waals surface area contributed by atoms with Gasteiger partial charge in [0.2, 0.25) is 5.91 Å². The van der Waals surface area contributed by atoms with Crippen molar-refractivity contribution in [3.63, 3.8) is 0 Å². The molecule has 1 amide bonds. The van der Waals surface area contributed by atoms with Crippen molar-refractivity contribution in [2.45, 2.75) is 44.2 Å². The van der Waals surface area contributed by atoms with Crippen LogP contribution in [0.3, 0.4) is 0 Å². The molecule has 1 rings (SSSR count). The van der Waals surface area contributed by atoms with Crippen molar-refractivity contribution in [1.29, 1.82) is 0 Å². The Morgan fingerprint density at radius 1 is 1.39 bits per heavy atom. The van der Waals surface area contributed by atoms with Crippen molar-refractivity contribution in [2.24, 2.45) is 0 Å². The van der Waals surface area contributed by atoms with E-state index in [1.54, 1.807) is 14.2 Å². The van der Waals surface area contributed by atoms with Crippen LogP contribution in [0.25, 0.3) is 0 Å². The van der Waals surface area contributed by atoms with E-state index >= 15 is 0 Å². The monoisotopic (exact) mass is 258 g/mol. The van der Waals surface area contributed by atoms with Gasteiger partial charge in [-0.2, -0.15) is 0 Å². The standard InChI is InChI=1S/C13H26N2O3/c1-11(12(16)14-8-5-9-17-2)15-10-13(18-3)6-4-7-13/h11,15H,4-10H2,1-3H3,(H,14,16). The molecule has 5 nitrogen and oxygen atoms in total. The third-order valence-electron chi connectivity index (χ3n) is 3.65. The van der Waals surface area contributed by atoms with Crippen LogP contribution in [-0.2, 0) is 14.3 Å². The Morgan fingerprint density at radius 3 is 2.61 bits per heavy atom. The number of hydrogen-bond acceptors (Lipinski definition) is 4. The minimum atomic E-state index is -0.180. The SMILES string of the molecule is COCCCNC(=O)C(C)NCC1(OC)CCC1. The van der Waals surface area contributed by atoms with Gasteiger partial charge in [-0.15, -0.1) is 0 Å². The van der Waals surface area contributed by atoms with Crippen LogP contribution < -0.4 is 10.6 Å². The molecule has 1 unspecified atom stereocenters. The third kappa shape index (κ3) is 4.55. The lowest BCUT2D eigenvalue weighted by atomic mass is 9.80. The predicted molar refractivity (Wildman–Crippen MR) is 70.6 cm³/mol. The number of rotatable bonds is 9. The van der Waals surface area contributed by atoms with Gasteiger partial charge in [-0.3, -0.25) is 4.79 Å². The molecule has 0 aromatic heterocycles. The zero-order chi connectivity index (χ0) is 13.4. The number of ether oxygens (including phenoxy) is 2. The van der Waals surface area contributed by atoms with E-state index in [1.165, 1.54) is 6.42 Å². The summed E-state index contributed by atoms with van der Waals surface area (Å²) in [4.78, 5) is 11.8. The molecule has 1 saturated carbocycles. The Morgan fingerprint density at radius 2 is 2.11 bits per heavy atom. The smallest absolute Gasteiger partial charge is 0.236 e. The van der Waals surface area contributed by atoms with Crippen LogP contribution in [0.2, 0.25) is 0 Å². The Labute approximate surface area is 110 Å². The van der Waals surface area contributed by atoms with Crippen molar-refractivity contribution in [2.75, 3.05) is 33.9 Å². The molecular formula is C13H26N2O3. The first-order chi connectivity index (χ1) is 8.63. The van der Waals surface area contributed by atoms with Crippen LogP contribution in [0.4, 0.5) is 0 Å². The van der Waals surface area contributed by atoms with Crippen molar-refractivity contribution >= 4 is 5.91 Å². The fourth-order valence-electron chi connectivity index (χ4n) is 2.04. The normalized spacial score (nSPS) is 19.1. The molecule has 0 heterocycles. The van der Waals surface area contributed by atoms with E-state index in [9.17, 15) is 4.79 Å². The molecule has 0 aliphatic heterocycles. The molecule has 1 atom stereocenters. The van der Waals surface area contributed by atoms with Gasteiger partial charge in [0.15, 0.2) is 0 Å². The average molecular weight is 258 g/mol. The summed E-state index contributed by atoms with van der Waals surface area (Å²) >= 11 is 0. The molecule has 0 aromatic carbocycles. The first kappa shape index (κ1) is 15.4. The van der Waals surface area contributed by atoms with Crippen LogP contribution >= 0.6 is 0 Å². The first-order valence-corrected chi connectivity index (χ1v) is 6.69. The highest BCUT2D eigenvalue weighted by Gasteiger charge is 2.37. The summed E-state index contributed by atoms with van der Waals surface area (Å²) in [6.07, 6.45) is 4.22. The zero-order valence-electron chi connectivity index (χ0n) is 11.8. The molecule has 18 heavy (non-hydrogen) atoms. The van der Waals surface area contributed by atoms with E-state index in [-0.39, 0.29) is 17.6 Å². The maximum Gasteiger partial charge on any atom is 0.236 e. The van der Waals surface area contributed by atoms with E-state index in [0.717, 1.165) is 25.8 Å². The Balaban J connectivity index is 2.15. The minimum Gasteiger partial charge on any atom is -0.385 e. The fourth-order valence-corrected chi connectivity index (χ4v) is 2.04. The first-order valence-electron chi connectivity index (χ1n) is 6.69. The van der Waals surface area contributed by atoms with Gasteiger partial charge in [0.05, 0.1) is 11.6 Å². The van der Waals surface area contributed by atoms with Gasteiger partial charge < -0.3 is 20.1 Å². The average Bonchev–Trinajstić information content (AvgIpc) is 2.33. The largest absolute Gasteiger partial charge is 0.385 e. The highest BCUT2D eigenvalue weighted by Crippen LogP contribution is 2.34. The summed E-state index contributed by atoms with van der Waals surface area (Å²) in [6.45, 7) is 3.97. The summed E-state index contributed by atoms with van der Waals surface area (Å²) in [7, 11) is 3.41. The zero-order valence-corrected chi connectivity index (χ0v) is 11.8. The number of carbonyl (C=O) groups excluding carboxylic acids is 1. The number of carbonyl (C=O) groups is 1. The molecule has 0 radical (unpaired) electrons. The van der Waals surface area contributed by atoms with Crippen LogP contribution in [0.5, 0.6) is 0 Å². The van der Waals surface area contributed by atoms with Crippen LogP contribution in [0.1, 0.15) is 32.6 Å². The highest BCUT2D eigenvalue weighted by atomic mass is 16.5. The molecule has 5 heteroatoms. The number of nitrogens with one attached hydrogen (secondary N) is 2. The summed E-state index contributed by atoms with van der Waals surface area (Å²) < 4.78 is 10.4. The van der Waals surface area contributed by atoms with E-state index in [2.05, 4.69) is 10.6 Å². The van der Waals surface area contributed by atoms with Crippen molar-refractivity contribution < 1.29 is 14.3 Å². The molecule has 1 aliphatic carbocycles. The quantitative estimate of drug-likeness (QED) is 0.597. The molecule has 0 spiro atoms. The van der Waals surface area contributed by atoms with Crippen molar-refractivity contribution in [3.8, 4) is 0 Å². The molecule has 0 bridgehead atoms. The summed E-state index contributed by atoms with van der Waals surface area (Å²) in [5.74, 6) is 0.0386. The van der Waals surface area contributed by atoms with Crippen molar-refractivity contribution in [3.05, 3.63) is 0 Å². The molecule has 2 N–H and O–H groups in total. The molecule has 1 fully saturated rings. The van der Waals surface area contributed by atoms with Crippen LogP contribution in [0, 0.1) is 0 Å². The maximum atomic E-state index is 11.8. The highest BCUT2D eigenvalue weighted by molar-refractivity contribution is 5.81. The molecule has 1 aliphatic rings. The number of hydrogen-bond donors (Lipinski definition) is 2. The van der Waals surface area contributed by atoms with Gasteiger partial charge >= 0.3 is 0 Å². The second kappa shape index (κ2) is 7.71. The van der Waals surface area contributed by atoms with Crippen LogP contribution in [-0.4, -0.2) is 51.5 Å². The summed E-state index contributed by atoms with van der Waals surface area (Å²) in [5, 5.41) is 6.13. The van der Waals surface area contributed by atoms with Gasteiger partial charge in [-0.25, -0.2) is 0 Å². The van der Waals surface area contributed by atoms with E-state index < -0.39 is 0 Å². The molecular weight excluding hydrogens is 232 g/mol. The Bertz CT molecular complexity index is 249. The molecule has 0 saturated heterocycles. The lowest BCUT2D eigenvalue weighted by Gasteiger charge is -2.41. The van der Waals surface area contributed by atoms with Gasteiger partial charge in [0.25, 0.3) is 0 Å². The lowest BCUT2D eigenvalue weighted by Crippen LogP contribution is -2.53. The van der Waals surface area contributed by atoms with Crippen LogP contribution in [0.15, 0.2) is 0 Å². The van der Waals surface area contributed by atoms with Gasteiger partial charge in [-0.1, -0.05) is 0 Å². The lowest BCUT2D eigenvalue weighted by molar-refractivity contribution is -0.123. The van der Waals surface area contributed by atoms with E-state index in [1.807, 2.05) is 6.92 Å². The Kier molecular flexibility index (Phi) is 6.60. The maximum absolute atomic E-state index is 11.8. The molecule has 0 aromatic rings. The second-order valence-corrected chi connectivity index (χ2v) is 4.98. The Hall–Kier alpha value is -0.650. The van der Waals surface area contributed by atoms with E-state index in [4.69, 9.17) is 9.47 Å². The number of methoxy groups -OCH3 is 2. The summed E-state index contributed by atoms with van der Waals surface area (Å²) in [6, 6.07) is -0.180. The van der Waals surface area contributed by atoms with Gasteiger partial charge in [0, 0.05) is 33.9 Å².